The van der Waals surface area contributed by atoms with Gasteiger partial charge in [0.1, 0.15) is 11.3 Å². The molecule has 0 spiro atoms. The second-order valence-electron chi connectivity index (χ2n) is 6.65. The molecule has 8 heteroatoms. The Hall–Kier alpha value is -3.52. The SMILES string of the molecule is COc1ccc(NC(=O)CSc2nc3cc(C)[nH]c3c(=O)n2-c2ccccc2)cc1. The molecule has 2 N–H and O–H groups in total. The lowest BCUT2D eigenvalue weighted by Gasteiger charge is -2.12. The summed E-state index contributed by atoms with van der Waals surface area (Å²) in [5, 5.41) is 3.30. The van der Waals surface area contributed by atoms with Gasteiger partial charge in [-0.2, -0.15) is 0 Å². The van der Waals surface area contributed by atoms with Gasteiger partial charge in [-0.3, -0.25) is 14.2 Å². The van der Waals surface area contributed by atoms with Crippen LogP contribution in [0.25, 0.3) is 16.7 Å². The highest BCUT2D eigenvalue weighted by Gasteiger charge is 2.16. The topological polar surface area (TPSA) is 89.0 Å². The zero-order chi connectivity index (χ0) is 21.1. The number of carbonyl (C=O) groups excluding carboxylic acids is 1. The number of nitrogens with zero attached hydrogens (tertiary/aromatic N) is 2. The molecule has 0 aliphatic rings. The minimum Gasteiger partial charge on any atom is -0.497 e. The van der Waals surface area contributed by atoms with Crippen LogP contribution in [0.15, 0.2) is 70.6 Å². The van der Waals surface area contributed by atoms with Crippen molar-refractivity contribution >= 4 is 34.4 Å². The Labute approximate surface area is 177 Å². The molecule has 30 heavy (non-hydrogen) atoms. The smallest absolute Gasteiger partial charge is 0.283 e. The molecule has 7 nitrogen and oxygen atoms in total. The summed E-state index contributed by atoms with van der Waals surface area (Å²) >= 11 is 1.22. The molecule has 0 saturated carbocycles. The predicted octanol–water partition coefficient (Wildman–Crippen LogP) is 3.76. The van der Waals surface area contributed by atoms with E-state index in [9.17, 15) is 9.59 Å². The fraction of sp³-hybridized carbons (Fsp3) is 0.136. The average Bonchev–Trinajstić information content (AvgIpc) is 3.14. The lowest BCUT2D eigenvalue weighted by atomic mass is 10.3. The maximum atomic E-state index is 13.1. The Balaban J connectivity index is 1.61. The Bertz CT molecular complexity index is 1250. The van der Waals surface area contributed by atoms with Crippen molar-refractivity contribution < 1.29 is 9.53 Å². The lowest BCUT2D eigenvalue weighted by Crippen LogP contribution is -2.23. The monoisotopic (exact) mass is 420 g/mol. The summed E-state index contributed by atoms with van der Waals surface area (Å²) in [4.78, 5) is 33.3. The summed E-state index contributed by atoms with van der Waals surface area (Å²) < 4.78 is 6.65. The number of ether oxygens (including phenoxy) is 1. The van der Waals surface area contributed by atoms with Crippen molar-refractivity contribution in [3.05, 3.63) is 76.7 Å². The highest BCUT2D eigenvalue weighted by molar-refractivity contribution is 7.99. The number of carbonyl (C=O) groups is 1. The molecule has 0 radical (unpaired) electrons. The molecule has 0 aliphatic heterocycles. The standard InChI is InChI=1S/C22H20N4O3S/c1-14-12-18-20(23-14)21(28)26(16-6-4-3-5-7-16)22(25-18)30-13-19(27)24-15-8-10-17(29-2)11-9-15/h3-12,23H,13H2,1-2H3,(H,24,27). The van der Waals surface area contributed by atoms with Crippen LogP contribution in [0.1, 0.15) is 5.69 Å². The molecule has 0 atom stereocenters. The van der Waals surface area contributed by atoms with Crippen LogP contribution in [-0.2, 0) is 4.79 Å². The number of para-hydroxylation sites is 1. The molecule has 0 fully saturated rings. The van der Waals surface area contributed by atoms with Gasteiger partial charge >= 0.3 is 0 Å². The van der Waals surface area contributed by atoms with Gasteiger partial charge in [-0.25, -0.2) is 4.98 Å². The van der Waals surface area contributed by atoms with Crippen LogP contribution in [0.4, 0.5) is 5.69 Å². The molecule has 2 aromatic heterocycles. The Morgan fingerprint density at radius 3 is 2.60 bits per heavy atom. The van der Waals surface area contributed by atoms with E-state index in [-0.39, 0.29) is 17.2 Å². The summed E-state index contributed by atoms with van der Waals surface area (Å²) in [5.41, 5.74) is 3.06. The molecule has 0 bridgehead atoms. The van der Waals surface area contributed by atoms with E-state index in [1.165, 1.54) is 16.3 Å². The molecule has 4 rings (SSSR count). The molecule has 1 amide bonds. The van der Waals surface area contributed by atoms with E-state index in [4.69, 9.17) is 4.74 Å². The number of hydrogen-bond donors (Lipinski definition) is 2. The molecule has 0 aliphatic carbocycles. The summed E-state index contributed by atoms with van der Waals surface area (Å²) in [6.07, 6.45) is 0. The predicted molar refractivity (Wildman–Crippen MR) is 119 cm³/mol. The van der Waals surface area contributed by atoms with Crippen molar-refractivity contribution in [2.45, 2.75) is 12.1 Å². The van der Waals surface area contributed by atoms with Crippen molar-refractivity contribution in [3.63, 3.8) is 0 Å². The summed E-state index contributed by atoms with van der Waals surface area (Å²) in [7, 11) is 1.59. The largest absolute Gasteiger partial charge is 0.497 e. The number of thioether (sulfide) groups is 1. The van der Waals surface area contributed by atoms with Crippen LogP contribution in [-0.4, -0.2) is 33.3 Å². The van der Waals surface area contributed by atoms with Crippen LogP contribution >= 0.6 is 11.8 Å². The van der Waals surface area contributed by atoms with Gasteiger partial charge in [0, 0.05) is 11.4 Å². The van der Waals surface area contributed by atoms with E-state index < -0.39 is 0 Å². The first-order valence-electron chi connectivity index (χ1n) is 9.29. The van der Waals surface area contributed by atoms with Crippen LogP contribution in [0.2, 0.25) is 0 Å². The van der Waals surface area contributed by atoms with Crippen molar-refractivity contribution in [2.24, 2.45) is 0 Å². The summed E-state index contributed by atoms with van der Waals surface area (Å²) in [6.45, 7) is 1.88. The van der Waals surface area contributed by atoms with E-state index in [2.05, 4.69) is 15.3 Å². The third-order valence-corrected chi connectivity index (χ3v) is 5.41. The number of methoxy groups -OCH3 is 1. The second-order valence-corrected chi connectivity index (χ2v) is 7.59. The number of benzene rings is 2. The number of nitrogens with one attached hydrogen (secondary N) is 2. The number of aromatic nitrogens is 3. The first-order valence-corrected chi connectivity index (χ1v) is 10.3. The first kappa shape index (κ1) is 19.8. The van der Waals surface area contributed by atoms with Crippen LogP contribution in [0.3, 0.4) is 0 Å². The number of fused-ring (bicyclic) bond motifs is 1. The number of hydrogen-bond acceptors (Lipinski definition) is 5. The maximum Gasteiger partial charge on any atom is 0.283 e. The van der Waals surface area contributed by atoms with Crippen molar-refractivity contribution in [3.8, 4) is 11.4 Å². The third kappa shape index (κ3) is 4.08. The summed E-state index contributed by atoms with van der Waals surface area (Å²) in [5.74, 6) is 0.637. The maximum absolute atomic E-state index is 13.1. The molecule has 0 unspecified atom stereocenters. The minimum absolute atomic E-state index is 0.111. The van der Waals surface area contributed by atoms with Gasteiger partial charge in [0.05, 0.1) is 24.1 Å². The van der Waals surface area contributed by atoms with E-state index in [1.807, 2.05) is 43.3 Å². The van der Waals surface area contributed by atoms with Crippen molar-refractivity contribution in [2.75, 3.05) is 18.2 Å². The van der Waals surface area contributed by atoms with Crippen LogP contribution in [0.5, 0.6) is 5.75 Å². The normalized spacial score (nSPS) is 10.9. The minimum atomic E-state index is -0.197. The quantitative estimate of drug-likeness (QED) is 0.366. The van der Waals surface area contributed by atoms with Gasteiger partial charge < -0.3 is 15.0 Å². The highest BCUT2D eigenvalue weighted by atomic mass is 32.2. The fourth-order valence-electron chi connectivity index (χ4n) is 3.08. The molecule has 152 valence electrons. The van der Waals surface area contributed by atoms with Crippen molar-refractivity contribution in [1.29, 1.82) is 0 Å². The molecule has 2 aromatic carbocycles. The lowest BCUT2D eigenvalue weighted by molar-refractivity contribution is -0.113. The number of anilines is 1. The highest BCUT2D eigenvalue weighted by Crippen LogP contribution is 2.22. The molecule has 4 aromatic rings. The Morgan fingerprint density at radius 2 is 1.90 bits per heavy atom. The molecular formula is C22H20N4O3S. The number of aromatic amines is 1. The fourth-order valence-corrected chi connectivity index (χ4v) is 3.89. The van der Waals surface area contributed by atoms with Crippen LogP contribution in [0, 0.1) is 6.92 Å². The second kappa shape index (κ2) is 8.46. The van der Waals surface area contributed by atoms with Crippen LogP contribution < -0.4 is 15.6 Å². The Morgan fingerprint density at radius 1 is 1.17 bits per heavy atom. The molecular weight excluding hydrogens is 400 g/mol. The van der Waals surface area contributed by atoms with Gasteiger partial charge in [0.15, 0.2) is 5.16 Å². The van der Waals surface area contributed by atoms with E-state index in [0.29, 0.717) is 33.3 Å². The van der Waals surface area contributed by atoms with E-state index in [0.717, 1.165) is 5.69 Å². The third-order valence-electron chi connectivity index (χ3n) is 4.48. The van der Waals surface area contributed by atoms with Crippen molar-refractivity contribution in [1.82, 2.24) is 14.5 Å². The number of H-pyrrole nitrogens is 1. The molecule has 0 saturated heterocycles. The summed E-state index contributed by atoms with van der Waals surface area (Å²) in [6, 6.07) is 18.2. The van der Waals surface area contributed by atoms with E-state index >= 15 is 0 Å². The molecule has 2 heterocycles. The average molecular weight is 420 g/mol. The zero-order valence-corrected chi connectivity index (χ0v) is 17.3. The van der Waals surface area contributed by atoms with Gasteiger partial charge in [-0.15, -0.1) is 0 Å². The van der Waals surface area contributed by atoms with Gasteiger partial charge in [-0.05, 0) is 49.4 Å². The van der Waals surface area contributed by atoms with Gasteiger partial charge in [0.2, 0.25) is 5.91 Å². The van der Waals surface area contributed by atoms with Gasteiger partial charge in [0.25, 0.3) is 5.56 Å². The zero-order valence-electron chi connectivity index (χ0n) is 16.5. The Kier molecular flexibility index (Phi) is 5.58. The number of aryl methyl sites for hydroxylation is 1. The van der Waals surface area contributed by atoms with Gasteiger partial charge in [-0.1, -0.05) is 30.0 Å². The number of amides is 1. The van der Waals surface area contributed by atoms with E-state index in [1.54, 1.807) is 31.4 Å². The first-order chi connectivity index (χ1) is 14.5. The number of rotatable bonds is 6.